The lowest BCUT2D eigenvalue weighted by Gasteiger charge is -2.13. The van der Waals surface area contributed by atoms with Gasteiger partial charge in [-0.15, -0.1) is 11.3 Å². The summed E-state index contributed by atoms with van der Waals surface area (Å²) >= 11 is 1.31. The molecular formula is C20H20N4O7S. The summed E-state index contributed by atoms with van der Waals surface area (Å²) in [5.74, 6) is -1.58. The third kappa shape index (κ3) is 6.36. The molecule has 0 saturated carbocycles. The maximum atomic E-state index is 12.4. The molecule has 3 N–H and O–H groups in total. The highest BCUT2D eigenvalue weighted by Crippen LogP contribution is 2.33. The van der Waals surface area contributed by atoms with E-state index in [0.29, 0.717) is 34.3 Å². The quantitative estimate of drug-likeness (QED) is 0.364. The minimum atomic E-state index is -1.12. The number of aromatic nitrogens is 2. The van der Waals surface area contributed by atoms with Gasteiger partial charge in [-0.05, 0) is 18.2 Å². The van der Waals surface area contributed by atoms with E-state index in [0.717, 1.165) is 6.39 Å². The Balaban J connectivity index is 1.78. The van der Waals surface area contributed by atoms with Crippen molar-refractivity contribution in [2.45, 2.75) is 6.42 Å². The van der Waals surface area contributed by atoms with E-state index in [-0.39, 0.29) is 18.8 Å². The zero-order valence-corrected chi connectivity index (χ0v) is 17.8. The van der Waals surface area contributed by atoms with E-state index in [1.165, 1.54) is 17.5 Å². The molecule has 0 fully saturated rings. The number of carboxylic acids is 1. The summed E-state index contributed by atoms with van der Waals surface area (Å²) in [6.45, 7) is 0.208. The van der Waals surface area contributed by atoms with Gasteiger partial charge in [0.25, 0.3) is 5.91 Å². The minimum absolute atomic E-state index is 0.0437. The molecule has 3 aromatic rings. The number of hydrogen-bond acceptors (Lipinski definition) is 9. The SMILES string of the molecule is COCCOc1ccc(-c2nc(CC(=O)NCC(=O)O)cs2)cc1NC(=O)c1cnco1. The van der Waals surface area contributed by atoms with Gasteiger partial charge in [-0.3, -0.25) is 14.4 Å². The van der Waals surface area contributed by atoms with Crippen molar-refractivity contribution in [1.82, 2.24) is 15.3 Å². The lowest BCUT2D eigenvalue weighted by atomic mass is 10.2. The van der Waals surface area contributed by atoms with Gasteiger partial charge in [0, 0.05) is 18.1 Å². The van der Waals surface area contributed by atoms with Crippen LogP contribution in [-0.2, 0) is 20.7 Å². The summed E-state index contributed by atoms with van der Waals surface area (Å²) < 4.78 is 15.7. The normalized spacial score (nSPS) is 10.5. The molecular weight excluding hydrogens is 440 g/mol. The number of nitrogens with one attached hydrogen (secondary N) is 2. The smallest absolute Gasteiger partial charge is 0.322 e. The van der Waals surface area contributed by atoms with Gasteiger partial charge in [-0.2, -0.15) is 0 Å². The van der Waals surface area contributed by atoms with Crippen LogP contribution in [0.25, 0.3) is 10.6 Å². The number of carbonyl (C=O) groups excluding carboxylic acids is 2. The molecule has 0 bridgehead atoms. The van der Waals surface area contributed by atoms with Crippen molar-refractivity contribution < 1.29 is 33.4 Å². The third-order valence-electron chi connectivity index (χ3n) is 4.01. The summed E-state index contributed by atoms with van der Waals surface area (Å²) in [5.41, 5.74) is 1.59. The van der Waals surface area contributed by atoms with E-state index in [9.17, 15) is 14.4 Å². The van der Waals surface area contributed by atoms with Crippen LogP contribution in [0.3, 0.4) is 0 Å². The molecule has 2 heterocycles. The van der Waals surface area contributed by atoms with Crippen molar-refractivity contribution in [1.29, 1.82) is 0 Å². The molecule has 32 heavy (non-hydrogen) atoms. The fraction of sp³-hybridized carbons (Fsp3) is 0.250. The van der Waals surface area contributed by atoms with E-state index in [1.54, 1.807) is 30.7 Å². The molecule has 0 unspecified atom stereocenters. The first-order valence-corrected chi connectivity index (χ1v) is 10.2. The zero-order chi connectivity index (χ0) is 22.9. The minimum Gasteiger partial charge on any atom is -0.489 e. The summed E-state index contributed by atoms with van der Waals surface area (Å²) in [6.07, 6.45) is 2.41. The molecule has 0 aliphatic carbocycles. The number of carbonyl (C=O) groups is 3. The number of methoxy groups -OCH3 is 1. The van der Waals surface area contributed by atoms with Gasteiger partial charge in [0.1, 0.15) is 23.9 Å². The Bertz CT molecular complexity index is 1080. The van der Waals surface area contributed by atoms with E-state index < -0.39 is 24.3 Å². The number of nitrogens with zero attached hydrogens (tertiary/aromatic N) is 2. The average molecular weight is 460 g/mol. The molecule has 2 aromatic heterocycles. The first-order valence-electron chi connectivity index (χ1n) is 9.35. The predicted octanol–water partition coefficient (Wildman–Crippen LogP) is 1.82. The van der Waals surface area contributed by atoms with Crippen LogP contribution < -0.4 is 15.4 Å². The fourth-order valence-corrected chi connectivity index (χ4v) is 3.37. The molecule has 168 valence electrons. The van der Waals surface area contributed by atoms with Crippen molar-refractivity contribution in [3.63, 3.8) is 0 Å². The van der Waals surface area contributed by atoms with Gasteiger partial charge in [-0.25, -0.2) is 9.97 Å². The molecule has 11 nitrogen and oxygen atoms in total. The van der Waals surface area contributed by atoms with Crippen LogP contribution in [0.4, 0.5) is 5.69 Å². The van der Waals surface area contributed by atoms with Gasteiger partial charge in [0.05, 0.1) is 30.6 Å². The molecule has 0 saturated heterocycles. The molecule has 2 amide bonds. The van der Waals surface area contributed by atoms with E-state index in [4.69, 9.17) is 19.0 Å². The lowest BCUT2D eigenvalue weighted by Crippen LogP contribution is -2.30. The van der Waals surface area contributed by atoms with Crippen LogP contribution in [0.2, 0.25) is 0 Å². The van der Waals surface area contributed by atoms with Gasteiger partial charge < -0.3 is 29.6 Å². The first-order chi connectivity index (χ1) is 15.5. The predicted molar refractivity (Wildman–Crippen MR) is 114 cm³/mol. The molecule has 0 aliphatic rings. The molecule has 0 atom stereocenters. The second-order valence-corrected chi connectivity index (χ2v) is 7.22. The van der Waals surface area contributed by atoms with Crippen molar-refractivity contribution in [3.8, 4) is 16.3 Å². The van der Waals surface area contributed by atoms with Crippen LogP contribution in [0, 0.1) is 0 Å². The summed E-state index contributed by atoms with van der Waals surface area (Å²) in [6, 6.07) is 5.17. The highest BCUT2D eigenvalue weighted by atomic mass is 32.1. The fourth-order valence-electron chi connectivity index (χ4n) is 2.56. The second-order valence-electron chi connectivity index (χ2n) is 6.36. The number of ether oxygens (including phenoxy) is 2. The number of benzene rings is 1. The van der Waals surface area contributed by atoms with Crippen molar-refractivity contribution in [2.75, 3.05) is 32.2 Å². The average Bonchev–Trinajstić information content (AvgIpc) is 3.46. The monoisotopic (exact) mass is 460 g/mol. The molecule has 0 aliphatic heterocycles. The van der Waals surface area contributed by atoms with Crippen molar-refractivity contribution in [3.05, 3.63) is 47.6 Å². The number of thiazole rings is 1. The summed E-state index contributed by atoms with van der Waals surface area (Å²) in [5, 5.41) is 16.0. The van der Waals surface area contributed by atoms with Crippen molar-refractivity contribution in [2.24, 2.45) is 0 Å². The zero-order valence-electron chi connectivity index (χ0n) is 17.0. The van der Waals surface area contributed by atoms with Crippen LogP contribution in [0.1, 0.15) is 16.2 Å². The van der Waals surface area contributed by atoms with Crippen LogP contribution in [0.15, 0.2) is 40.6 Å². The standard InChI is InChI=1S/C20H20N4O7S/c1-29-4-5-30-15-3-2-12(6-14(15)24-19(28)16-8-21-11-31-16)20-23-13(10-32-20)7-17(25)22-9-18(26)27/h2-3,6,8,10-11H,4-5,7,9H2,1H3,(H,22,25)(H,24,28)(H,26,27). The molecule has 0 spiro atoms. The van der Waals surface area contributed by atoms with Gasteiger partial charge in [0.2, 0.25) is 11.7 Å². The van der Waals surface area contributed by atoms with Crippen molar-refractivity contribution >= 4 is 34.8 Å². The number of carboxylic acid groups (broad SMARTS) is 1. The number of hydrogen-bond donors (Lipinski definition) is 3. The summed E-state index contributed by atoms with van der Waals surface area (Å²) in [4.78, 5) is 43.0. The van der Waals surface area contributed by atoms with Gasteiger partial charge in [-0.1, -0.05) is 0 Å². The Morgan fingerprint density at radius 1 is 1.25 bits per heavy atom. The van der Waals surface area contributed by atoms with E-state index >= 15 is 0 Å². The molecule has 0 radical (unpaired) electrons. The number of anilines is 1. The second kappa shape index (κ2) is 11.0. The maximum Gasteiger partial charge on any atom is 0.322 e. The Morgan fingerprint density at radius 2 is 2.09 bits per heavy atom. The molecule has 1 aromatic carbocycles. The largest absolute Gasteiger partial charge is 0.489 e. The number of oxazole rings is 1. The van der Waals surface area contributed by atoms with Gasteiger partial charge in [0.15, 0.2) is 6.39 Å². The Labute approximate surface area is 186 Å². The number of amides is 2. The highest BCUT2D eigenvalue weighted by Gasteiger charge is 2.16. The van der Waals surface area contributed by atoms with Crippen LogP contribution in [0.5, 0.6) is 5.75 Å². The number of aliphatic carboxylic acids is 1. The maximum absolute atomic E-state index is 12.4. The van der Waals surface area contributed by atoms with E-state index in [1.807, 2.05) is 0 Å². The molecule has 12 heteroatoms. The Morgan fingerprint density at radius 3 is 2.81 bits per heavy atom. The van der Waals surface area contributed by atoms with Gasteiger partial charge >= 0.3 is 5.97 Å². The Hall–Kier alpha value is -3.77. The van der Waals surface area contributed by atoms with Crippen LogP contribution in [-0.4, -0.2) is 59.7 Å². The first kappa shape index (κ1) is 22.9. The summed E-state index contributed by atoms with van der Waals surface area (Å²) in [7, 11) is 1.56. The third-order valence-corrected chi connectivity index (χ3v) is 4.95. The topological polar surface area (TPSA) is 153 Å². The lowest BCUT2D eigenvalue weighted by molar-refractivity contribution is -0.137. The van der Waals surface area contributed by atoms with E-state index in [2.05, 4.69) is 20.6 Å². The van der Waals surface area contributed by atoms with Crippen LogP contribution >= 0.6 is 11.3 Å². The molecule has 3 rings (SSSR count). The number of rotatable bonds is 11. The Kier molecular flexibility index (Phi) is 7.89. The highest BCUT2D eigenvalue weighted by molar-refractivity contribution is 7.13.